The van der Waals surface area contributed by atoms with Gasteiger partial charge >= 0.3 is 0 Å². The summed E-state index contributed by atoms with van der Waals surface area (Å²) in [7, 11) is 0. The van der Waals surface area contributed by atoms with Crippen molar-refractivity contribution in [2.24, 2.45) is 0 Å². The number of phenolic OH excluding ortho intramolecular Hbond substituents is 1. The lowest BCUT2D eigenvalue weighted by atomic mass is 9.96. The van der Waals surface area contributed by atoms with Crippen molar-refractivity contribution in [1.82, 2.24) is 4.90 Å². The lowest BCUT2D eigenvalue weighted by Gasteiger charge is -2.35. The van der Waals surface area contributed by atoms with E-state index in [-0.39, 0.29) is 5.78 Å². The smallest absolute Gasteiger partial charge is 0.186 e. The minimum atomic E-state index is 0.0904. The normalized spacial score (nSPS) is 17.7. The molecule has 0 saturated heterocycles. The fraction of sp³-hybridized carbons (Fsp3) is 0.348. The van der Waals surface area contributed by atoms with Crippen LogP contribution in [0.1, 0.15) is 40.4 Å². The second-order valence-corrected chi connectivity index (χ2v) is 7.37. The molecule has 0 spiro atoms. The number of nitrogens with zero attached hydrogens (tertiary/aromatic N) is 1. The molecule has 1 aliphatic heterocycles. The molecule has 0 unspecified atom stereocenters. The number of hydrogen-bond acceptors (Lipinski definition) is 4. The minimum absolute atomic E-state index is 0.0904. The molecule has 27 heavy (non-hydrogen) atoms. The van der Waals surface area contributed by atoms with Gasteiger partial charge in [-0.15, -0.1) is 0 Å². The van der Waals surface area contributed by atoms with Crippen LogP contribution in [0.15, 0.2) is 42.5 Å². The van der Waals surface area contributed by atoms with Gasteiger partial charge in [0.05, 0.1) is 0 Å². The summed E-state index contributed by atoms with van der Waals surface area (Å²) in [5, 5.41) is 9.45. The summed E-state index contributed by atoms with van der Waals surface area (Å²) >= 11 is 0. The van der Waals surface area contributed by atoms with Gasteiger partial charge < -0.3 is 9.84 Å². The highest BCUT2D eigenvalue weighted by Crippen LogP contribution is 2.33. The van der Waals surface area contributed by atoms with Crippen molar-refractivity contribution >= 4 is 11.9 Å². The monoisotopic (exact) mass is 363 g/mol. The van der Waals surface area contributed by atoms with Crippen molar-refractivity contribution in [1.29, 1.82) is 0 Å². The van der Waals surface area contributed by atoms with Crippen molar-refractivity contribution in [3.8, 4) is 11.5 Å². The van der Waals surface area contributed by atoms with Crippen LogP contribution in [-0.4, -0.2) is 41.5 Å². The fourth-order valence-electron chi connectivity index (χ4n) is 3.97. The van der Waals surface area contributed by atoms with Crippen molar-refractivity contribution in [2.45, 2.75) is 32.2 Å². The molecular weight excluding hydrogens is 338 g/mol. The van der Waals surface area contributed by atoms with E-state index in [0.29, 0.717) is 18.4 Å². The molecule has 0 radical (unpaired) electrons. The number of rotatable bonds is 6. The average Bonchev–Trinajstić information content (AvgIpc) is 3.04. The molecule has 0 saturated carbocycles. The van der Waals surface area contributed by atoms with E-state index in [1.54, 1.807) is 18.2 Å². The van der Waals surface area contributed by atoms with E-state index in [4.69, 9.17) is 4.74 Å². The van der Waals surface area contributed by atoms with Crippen molar-refractivity contribution < 1.29 is 14.6 Å². The number of carbonyl (C=O) groups is 1. The zero-order valence-electron chi connectivity index (χ0n) is 15.6. The lowest BCUT2D eigenvalue weighted by Crippen LogP contribution is -2.44. The van der Waals surface area contributed by atoms with E-state index < -0.39 is 0 Å². The highest BCUT2D eigenvalue weighted by molar-refractivity contribution is 6.13. The molecule has 140 valence electrons. The number of fused-ring (bicyclic) bond motifs is 2. The second-order valence-electron chi connectivity index (χ2n) is 7.37. The molecule has 1 atom stereocenters. The van der Waals surface area contributed by atoms with Crippen LogP contribution in [-0.2, 0) is 12.8 Å². The van der Waals surface area contributed by atoms with Gasteiger partial charge in [0, 0.05) is 18.2 Å². The first-order valence-electron chi connectivity index (χ1n) is 9.68. The highest BCUT2D eigenvalue weighted by atomic mass is 16.5. The number of aromatic hydroxyl groups is 1. The SMILES string of the molecule is CCCN(CCc1ccc(O)cc1)[C@@H]1COc2cc3c(cc2C1)C(=O)C=C3. The Morgan fingerprint density at radius 1 is 1.15 bits per heavy atom. The molecule has 0 amide bonds. The Bertz CT molecular complexity index is 870. The zero-order chi connectivity index (χ0) is 18.8. The Morgan fingerprint density at radius 3 is 2.74 bits per heavy atom. The van der Waals surface area contributed by atoms with E-state index >= 15 is 0 Å². The van der Waals surface area contributed by atoms with Gasteiger partial charge in [0.1, 0.15) is 18.1 Å². The van der Waals surface area contributed by atoms with Crippen molar-refractivity contribution in [2.75, 3.05) is 19.7 Å². The Hall–Kier alpha value is -2.59. The molecule has 2 aromatic carbocycles. The van der Waals surface area contributed by atoms with Crippen LogP contribution in [0.4, 0.5) is 0 Å². The summed E-state index contributed by atoms with van der Waals surface area (Å²) in [6.45, 7) is 4.85. The largest absolute Gasteiger partial charge is 0.508 e. The Kier molecular flexibility index (Phi) is 4.99. The van der Waals surface area contributed by atoms with Gasteiger partial charge in [-0.2, -0.15) is 0 Å². The van der Waals surface area contributed by atoms with Gasteiger partial charge in [-0.05, 0) is 72.8 Å². The van der Waals surface area contributed by atoms with Gasteiger partial charge in [0.25, 0.3) is 0 Å². The van der Waals surface area contributed by atoms with Crippen LogP contribution in [0.5, 0.6) is 11.5 Å². The van der Waals surface area contributed by atoms with Gasteiger partial charge in [0.2, 0.25) is 0 Å². The fourth-order valence-corrected chi connectivity index (χ4v) is 3.97. The highest BCUT2D eigenvalue weighted by Gasteiger charge is 2.27. The molecule has 0 aromatic heterocycles. The first kappa shape index (κ1) is 17.8. The lowest BCUT2D eigenvalue weighted by molar-refractivity contribution is 0.104. The van der Waals surface area contributed by atoms with Crippen molar-refractivity contribution in [3.63, 3.8) is 0 Å². The average molecular weight is 363 g/mol. The third-order valence-corrected chi connectivity index (χ3v) is 5.45. The summed E-state index contributed by atoms with van der Waals surface area (Å²) < 4.78 is 6.07. The number of carbonyl (C=O) groups excluding carboxylic acids is 1. The number of ether oxygens (including phenoxy) is 1. The van der Waals surface area contributed by atoms with E-state index in [9.17, 15) is 9.90 Å². The van der Waals surface area contributed by atoms with E-state index in [1.807, 2.05) is 30.3 Å². The quantitative estimate of drug-likeness (QED) is 0.847. The van der Waals surface area contributed by atoms with Crippen LogP contribution in [0.2, 0.25) is 0 Å². The predicted molar refractivity (Wildman–Crippen MR) is 106 cm³/mol. The van der Waals surface area contributed by atoms with E-state index in [0.717, 1.165) is 54.8 Å². The Labute approximate surface area is 160 Å². The summed E-state index contributed by atoms with van der Waals surface area (Å²) in [4.78, 5) is 14.5. The van der Waals surface area contributed by atoms with Gasteiger partial charge in [-0.25, -0.2) is 0 Å². The summed E-state index contributed by atoms with van der Waals surface area (Å²) in [6, 6.07) is 11.8. The topological polar surface area (TPSA) is 49.8 Å². The first-order chi connectivity index (χ1) is 13.1. The number of benzene rings is 2. The molecule has 4 nitrogen and oxygen atoms in total. The second kappa shape index (κ2) is 7.57. The van der Waals surface area contributed by atoms with E-state index in [1.165, 1.54) is 5.56 Å². The van der Waals surface area contributed by atoms with Crippen LogP contribution in [0, 0.1) is 0 Å². The van der Waals surface area contributed by atoms with Crippen LogP contribution in [0.25, 0.3) is 6.08 Å². The summed E-state index contributed by atoms with van der Waals surface area (Å²) in [6.07, 6.45) is 6.44. The van der Waals surface area contributed by atoms with Crippen LogP contribution in [0.3, 0.4) is 0 Å². The molecule has 4 heteroatoms. The molecule has 1 heterocycles. The minimum Gasteiger partial charge on any atom is -0.508 e. The maximum atomic E-state index is 12.0. The van der Waals surface area contributed by atoms with Crippen LogP contribution >= 0.6 is 0 Å². The third kappa shape index (κ3) is 3.76. The molecule has 4 rings (SSSR count). The molecule has 2 aliphatic rings. The molecule has 0 bridgehead atoms. The number of hydrogen-bond donors (Lipinski definition) is 1. The zero-order valence-corrected chi connectivity index (χ0v) is 15.6. The maximum absolute atomic E-state index is 12.0. The Morgan fingerprint density at radius 2 is 1.96 bits per heavy atom. The Balaban J connectivity index is 1.47. The van der Waals surface area contributed by atoms with Gasteiger partial charge in [-0.3, -0.25) is 9.69 Å². The van der Waals surface area contributed by atoms with Crippen molar-refractivity contribution in [3.05, 3.63) is 64.7 Å². The molecule has 0 fully saturated rings. The number of ketones is 1. The molecule has 1 N–H and O–H groups in total. The van der Waals surface area contributed by atoms with Crippen LogP contribution < -0.4 is 4.74 Å². The van der Waals surface area contributed by atoms with Gasteiger partial charge in [0.15, 0.2) is 5.78 Å². The van der Waals surface area contributed by atoms with E-state index in [2.05, 4.69) is 11.8 Å². The summed E-state index contributed by atoms with van der Waals surface area (Å²) in [5.41, 5.74) is 4.12. The predicted octanol–water partition coefficient (Wildman–Crippen LogP) is 3.86. The molecule has 2 aromatic rings. The first-order valence-corrected chi connectivity index (χ1v) is 9.68. The number of allylic oxidation sites excluding steroid dienone is 1. The van der Waals surface area contributed by atoms with Gasteiger partial charge in [-0.1, -0.05) is 25.1 Å². The molecular formula is C23H25NO3. The standard InChI is InChI=1S/C23H25NO3/c1-2-10-24(11-9-16-3-6-20(25)7-4-16)19-12-18-13-21-17(5-8-22(21)26)14-23(18)27-15-19/h3-8,13-14,19,25H,2,9-12,15H2,1H3/t19-/m0/s1. The summed E-state index contributed by atoms with van der Waals surface area (Å²) in [5.74, 6) is 1.31. The maximum Gasteiger partial charge on any atom is 0.186 e. The molecule has 1 aliphatic carbocycles. The third-order valence-electron chi connectivity index (χ3n) is 5.45. The number of phenols is 1.